The van der Waals surface area contributed by atoms with E-state index >= 15 is 0 Å². The van der Waals surface area contributed by atoms with Crippen LogP contribution in [0.5, 0.6) is 11.5 Å². The topological polar surface area (TPSA) is 84.9 Å². The van der Waals surface area contributed by atoms with Crippen LogP contribution in [0.4, 0.5) is 4.79 Å². The second-order valence-electron chi connectivity index (χ2n) is 8.44. The molecule has 2 heterocycles. The number of rotatable bonds is 6. The maximum absolute atomic E-state index is 12.6. The van der Waals surface area contributed by atoms with Crippen LogP contribution in [0.1, 0.15) is 37.7 Å². The Morgan fingerprint density at radius 3 is 2.87 bits per heavy atom. The van der Waals surface area contributed by atoms with E-state index in [0.29, 0.717) is 34.7 Å². The van der Waals surface area contributed by atoms with Crippen LogP contribution in [-0.2, 0) is 9.59 Å². The van der Waals surface area contributed by atoms with E-state index in [0.717, 1.165) is 23.2 Å². The van der Waals surface area contributed by atoms with E-state index in [9.17, 15) is 14.4 Å². The largest absolute Gasteiger partial charge is 0.454 e. The summed E-state index contributed by atoms with van der Waals surface area (Å²) in [5, 5.41) is 2.57. The number of imide groups is 1. The number of fused-ring (bicyclic) bond motifs is 3. The minimum atomic E-state index is -0.329. The van der Waals surface area contributed by atoms with Gasteiger partial charge in [-0.2, -0.15) is 0 Å². The first kappa shape index (κ1) is 19.5. The zero-order valence-corrected chi connectivity index (χ0v) is 17.4. The molecule has 158 valence electrons. The van der Waals surface area contributed by atoms with Crippen molar-refractivity contribution in [1.82, 2.24) is 10.2 Å². The summed E-state index contributed by atoms with van der Waals surface area (Å²) >= 11 is 0.917. The van der Waals surface area contributed by atoms with Crippen LogP contribution in [0, 0.1) is 17.8 Å². The third-order valence-corrected chi connectivity index (χ3v) is 7.47. The first-order chi connectivity index (χ1) is 14.6. The second kappa shape index (κ2) is 7.98. The molecule has 1 aromatic rings. The highest BCUT2D eigenvalue weighted by Crippen LogP contribution is 2.49. The van der Waals surface area contributed by atoms with Gasteiger partial charge in [0.1, 0.15) is 0 Å². The van der Waals surface area contributed by atoms with Crippen molar-refractivity contribution >= 4 is 34.9 Å². The summed E-state index contributed by atoms with van der Waals surface area (Å²) < 4.78 is 10.6. The summed E-state index contributed by atoms with van der Waals surface area (Å²) in [6.07, 6.45) is 7.28. The van der Waals surface area contributed by atoms with Crippen molar-refractivity contribution in [2.45, 2.75) is 32.1 Å². The first-order valence-corrected chi connectivity index (χ1v) is 11.3. The van der Waals surface area contributed by atoms with Gasteiger partial charge in [-0.3, -0.25) is 19.3 Å². The Kier molecular flexibility index (Phi) is 5.18. The highest BCUT2D eigenvalue weighted by atomic mass is 32.2. The lowest BCUT2D eigenvalue weighted by Crippen LogP contribution is -2.38. The number of thioether (sulfide) groups is 1. The second-order valence-corrected chi connectivity index (χ2v) is 9.43. The highest BCUT2D eigenvalue weighted by Gasteiger charge is 2.40. The number of hydrogen-bond acceptors (Lipinski definition) is 6. The Hall–Kier alpha value is -2.48. The predicted molar refractivity (Wildman–Crippen MR) is 112 cm³/mol. The molecular weight excluding hydrogens is 404 g/mol. The Morgan fingerprint density at radius 2 is 2.07 bits per heavy atom. The molecule has 2 bridgehead atoms. The molecule has 0 aromatic heterocycles. The summed E-state index contributed by atoms with van der Waals surface area (Å²) in [4.78, 5) is 38.8. The fourth-order valence-corrected chi connectivity index (χ4v) is 5.96. The number of hydrogen-bond donors (Lipinski definition) is 1. The normalized spacial score (nSPS) is 28.1. The molecule has 4 aliphatic rings. The van der Waals surface area contributed by atoms with Crippen molar-refractivity contribution in [3.63, 3.8) is 0 Å². The Balaban J connectivity index is 1.13. The van der Waals surface area contributed by atoms with Crippen molar-refractivity contribution in [2.75, 3.05) is 19.9 Å². The van der Waals surface area contributed by atoms with E-state index in [1.807, 2.05) is 6.07 Å². The van der Waals surface area contributed by atoms with Gasteiger partial charge in [-0.15, -0.1) is 0 Å². The van der Waals surface area contributed by atoms with Gasteiger partial charge in [0.05, 0.1) is 4.91 Å². The third kappa shape index (κ3) is 3.80. The molecular formula is C22H24N2O5S. The summed E-state index contributed by atoms with van der Waals surface area (Å²) in [6.45, 7) is 0.656. The van der Waals surface area contributed by atoms with E-state index < -0.39 is 0 Å². The molecule has 3 fully saturated rings. The molecule has 7 nitrogen and oxygen atoms in total. The van der Waals surface area contributed by atoms with Crippen LogP contribution >= 0.6 is 11.8 Å². The molecule has 30 heavy (non-hydrogen) atoms. The fourth-order valence-electron chi connectivity index (χ4n) is 5.09. The standard InChI is InChI=1S/C22H24N2O5S/c25-20(11-16-8-13-1-3-15(16)7-13)23-5-6-24-21(26)19(30-22(24)27)10-14-2-4-17-18(9-14)29-12-28-17/h2,4,9-10,13,15-16H,1,3,5-8,11-12H2,(H,23,25)/b19-10-. The molecule has 3 amide bonds. The molecule has 2 aliphatic carbocycles. The van der Waals surface area contributed by atoms with Crippen LogP contribution in [0.25, 0.3) is 6.08 Å². The number of nitrogens with zero attached hydrogens (tertiary/aromatic N) is 1. The van der Waals surface area contributed by atoms with Crippen LogP contribution in [-0.4, -0.2) is 41.8 Å². The summed E-state index contributed by atoms with van der Waals surface area (Å²) in [7, 11) is 0. The monoisotopic (exact) mass is 428 g/mol. The van der Waals surface area contributed by atoms with Crippen molar-refractivity contribution in [1.29, 1.82) is 0 Å². The van der Waals surface area contributed by atoms with Gasteiger partial charge in [-0.05, 0) is 72.6 Å². The minimum absolute atomic E-state index is 0.0235. The number of nitrogens with one attached hydrogen (secondary N) is 1. The van der Waals surface area contributed by atoms with Crippen LogP contribution in [0.2, 0.25) is 0 Å². The van der Waals surface area contributed by atoms with E-state index in [2.05, 4.69) is 5.32 Å². The van der Waals surface area contributed by atoms with Gasteiger partial charge >= 0.3 is 0 Å². The van der Waals surface area contributed by atoms with Gasteiger partial charge in [0.25, 0.3) is 11.1 Å². The Bertz CT molecular complexity index is 930. The SMILES string of the molecule is O=C(CC1CC2CCC1C2)NCCN1C(=O)S/C(=C\c2ccc3c(c2)OCO3)C1=O. The van der Waals surface area contributed by atoms with Gasteiger partial charge in [-0.25, -0.2) is 0 Å². The molecule has 8 heteroatoms. The average Bonchev–Trinajstić information content (AvgIpc) is 3.49. The lowest BCUT2D eigenvalue weighted by Gasteiger charge is -2.21. The van der Waals surface area contributed by atoms with Crippen molar-refractivity contribution < 1.29 is 23.9 Å². The molecule has 2 saturated carbocycles. The van der Waals surface area contributed by atoms with Crippen LogP contribution in [0.15, 0.2) is 23.1 Å². The molecule has 0 radical (unpaired) electrons. The smallest absolute Gasteiger partial charge is 0.293 e. The maximum atomic E-state index is 12.6. The molecule has 3 atom stereocenters. The molecule has 5 rings (SSSR count). The van der Waals surface area contributed by atoms with E-state index in [-0.39, 0.29) is 36.9 Å². The summed E-state index contributed by atoms with van der Waals surface area (Å²) in [5.41, 5.74) is 0.768. The molecule has 1 N–H and O–H groups in total. The molecule has 2 aliphatic heterocycles. The molecule has 1 saturated heterocycles. The number of ether oxygens (including phenoxy) is 2. The average molecular weight is 429 g/mol. The zero-order chi connectivity index (χ0) is 20.7. The van der Waals surface area contributed by atoms with Crippen molar-refractivity contribution in [2.24, 2.45) is 17.8 Å². The summed E-state index contributed by atoms with van der Waals surface area (Å²) in [6, 6.07) is 5.38. The zero-order valence-electron chi connectivity index (χ0n) is 16.6. The van der Waals surface area contributed by atoms with E-state index in [1.165, 1.54) is 30.6 Å². The number of amides is 3. The quantitative estimate of drug-likeness (QED) is 0.699. The number of carbonyl (C=O) groups excluding carboxylic acids is 3. The van der Waals surface area contributed by atoms with Gasteiger partial charge in [0, 0.05) is 19.5 Å². The molecule has 0 spiro atoms. The first-order valence-electron chi connectivity index (χ1n) is 10.5. The predicted octanol–water partition coefficient (Wildman–Crippen LogP) is 3.39. The fraction of sp³-hybridized carbons (Fsp3) is 0.500. The van der Waals surface area contributed by atoms with Gasteiger partial charge < -0.3 is 14.8 Å². The minimum Gasteiger partial charge on any atom is -0.454 e. The molecule has 1 aromatic carbocycles. The van der Waals surface area contributed by atoms with Crippen LogP contribution in [0.3, 0.4) is 0 Å². The van der Waals surface area contributed by atoms with Crippen molar-refractivity contribution in [3.8, 4) is 11.5 Å². The summed E-state index contributed by atoms with van der Waals surface area (Å²) in [5.74, 6) is 3.02. The van der Waals surface area contributed by atoms with Gasteiger partial charge in [-0.1, -0.05) is 12.5 Å². The highest BCUT2D eigenvalue weighted by molar-refractivity contribution is 8.18. The number of carbonyl (C=O) groups is 3. The molecule has 3 unspecified atom stereocenters. The van der Waals surface area contributed by atoms with Gasteiger partial charge in [0.2, 0.25) is 12.7 Å². The van der Waals surface area contributed by atoms with Crippen molar-refractivity contribution in [3.05, 3.63) is 28.7 Å². The van der Waals surface area contributed by atoms with E-state index in [1.54, 1.807) is 18.2 Å². The third-order valence-electron chi connectivity index (χ3n) is 6.56. The lowest BCUT2D eigenvalue weighted by atomic mass is 9.86. The Labute approximate surface area is 179 Å². The lowest BCUT2D eigenvalue weighted by molar-refractivity contribution is -0.124. The maximum Gasteiger partial charge on any atom is 0.293 e. The van der Waals surface area contributed by atoms with Gasteiger partial charge in [0.15, 0.2) is 11.5 Å². The van der Waals surface area contributed by atoms with Crippen LogP contribution < -0.4 is 14.8 Å². The number of benzene rings is 1. The van der Waals surface area contributed by atoms with E-state index in [4.69, 9.17) is 9.47 Å². The Morgan fingerprint density at radius 1 is 1.20 bits per heavy atom.